The first-order valence-corrected chi connectivity index (χ1v) is 8.95. The maximum atomic E-state index is 13.0. The Kier molecular flexibility index (Phi) is 5.54. The normalized spacial score (nSPS) is 19.5. The molecule has 1 heterocycles. The van der Waals surface area contributed by atoms with E-state index in [1.807, 2.05) is 30.3 Å². The average molecular weight is 365 g/mol. The minimum Gasteiger partial charge on any atom is -0.338 e. The van der Waals surface area contributed by atoms with Gasteiger partial charge >= 0.3 is 0 Å². The lowest BCUT2D eigenvalue weighted by Crippen LogP contribution is -2.44. The number of nitrogens with zero attached hydrogens (tertiary/aromatic N) is 1. The predicted molar refractivity (Wildman–Crippen MR) is 104 cm³/mol. The fraction of sp³-hybridized carbons (Fsp3) is 0.286. The highest BCUT2D eigenvalue weighted by atomic mass is 16.2. The number of nitrogens with one attached hydrogen (secondary N) is 2. The van der Waals surface area contributed by atoms with Gasteiger partial charge in [-0.15, -0.1) is 0 Å². The summed E-state index contributed by atoms with van der Waals surface area (Å²) in [6, 6.07) is 16.3. The van der Waals surface area contributed by atoms with Gasteiger partial charge in [-0.2, -0.15) is 0 Å². The van der Waals surface area contributed by atoms with Crippen molar-refractivity contribution in [2.75, 3.05) is 17.7 Å². The number of carbonyl (C=O) groups is 3. The summed E-state index contributed by atoms with van der Waals surface area (Å²) in [4.78, 5) is 38.1. The topological polar surface area (TPSA) is 78.5 Å². The summed E-state index contributed by atoms with van der Waals surface area (Å²) in [5.74, 6) is -0.613. The molecule has 2 atom stereocenters. The van der Waals surface area contributed by atoms with Crippen LogP contribution in [0.25, 0.3) is 0 Å². The SMILES string of the molecule is CC(=O)Nc1cccc(NC(=O)[C@@H]2CCC(=O)N(C)[C@@H]2c2ccccc2)c1. The number of hydrogen-bond donors (Lipinski definition) is 2. The molecule has 0 saturated carbocycles. The van der Waals surface area contributed by atoms with E-state index < -0.39 is 0 Å². The Morgan fingerprint density at radius 2 is 1.67 bits per heavy atom. The van der Waals surface area contributed by atoms with E-state index in [-0.39, 0.29) is 29.7 Å². The molecule has 1 aliphatic heterocycles. The van der Waals surface area contributed by atoms with Gasteiger partial charge in [0.25, 0.3) is 0 Å². The van der Waals surface area contributed by atoms with E-state index in [4.69, 9.17) is 0 Å². The third-order valence-corrected chi connectivity index (χ3v) is 4.79. The largest absolute Gasteiger partial charge is 0.338 e. The second-order valence-corrected chi connectivity index (χ2v) is 6.76. The van der Waals surface area contributed by atoms with E-state index in [1.165, 1.54) is 6.92 Å². The van der Waals surface area contributed by atoms with Crippen molar-refractivity contribution in [2.45, 2.75) is 25.8 Å². The third kappa shape index (κ3) is 4.34. The van der Waals surface area contributed by atoms with Crippen molar-refractivity contribution in [2.24, 2.45) is 5.92 Å². The molecule has 2 N–H and O–H groups in total. The van der Waals surface area contributed by atoms with E-state index in [1.54, 1.807) is 36.2 Å². The summed E-state index contributed by atoms with van der Waals surface area (Å²) in [7, 11) is 1.75. The Morgan fingerprint density at radius 3 is 2.33 bits per heavy atom. The zero-order valence-corrected chi connectivity index (χ0v) is 15.4. The van der Waals surface area contributed by atoms with Gasteiger partial charge in [0.15, 0.2) is 0 Å². The minimum absolute atomic E-state index is 0.0422. The molecule has 1 aliphatic rings. The van der Waals surface area contributed by atoms with Gasteiger partial charge < -0.3 is 15.5 Å². The summed E-state index contributed by atoms with van der Waals surface area (Å²) in [6.45, 7) is 1.44. The number of likely N-dealkylation sites (tertiary alicyclic amines) is 1. The fourth-order valence-corrected chi connectivity index (χ4v) is 3.53. The average Bonchev–Trinajstić information content (AvgIpc) is 2.64. The molecule has 1 fully saturated rings. The van der Waals surface area contributed by atoms with E-state index >= 15 is 0 Å². The van der Waals surface area contributed by atoms with Crippen LogP contribution in [0, 0.1) is 5.92 Å². The standard InChI is InChI=1S/C21H23N3O3/c1-14(25)22-16-9-6-10-17(13-16)23-21(27)18-11-12-19(26)24(2)20(18)15-7-4-3-5-8-15/h3-10,13,18,20H,11-12H2,1-2H3,(H,22,25)(H,23,27)/t18-,20-/m1/s1. The predicted octanol–water partition coefficient (Wildman–Crippen LogP) is 3.19. The number of hydrogen-bond acceptors (Lipinski definition) is 3. The molecule has 0 radical (unpaired) electrons. The molecule has 1 saturated heterocycles. The van der Waals surface area contributed by atoms with Crippen LogP contribution in [0.5, 0.6) is 0 Å². The number of rotatable bonds is 4. The third-order valence-electron chi connectivity index (χ3n) is 4.79. The van der Waals surface area contributed by atoms with E-state index in [2.05, 4.69) is 10.6 Å². The summed E-state index contributed by atoms with van der Waals surface area (Å²) < 4.78 is 0. The van der Waals surface area contributed by atoms with Crippen molar-refractivity contribution < 1.29 is 14.4 Å². The van der Waals surface area contributed by atoms with Gasteiger partial charge in [-0.3, -0.25) is 14.4 Å². The Labute approximate surface area is 158 Å². The first kappa shape index (κ1) is 18.6. The van der Waals surface area contributed by atoms with Crippen LogP contribution in [-0.4, -0.2) is 29.7 Å². The molecule has 2 aromatic carbocycles. The highest BCUT2D eigenvalue weighted by Crippen LogP contribution is 2.36. The van der Waals surface area contributed by atoms with Crippen LogP contribution in [0.1, 0.15) is 31.4 Å². The number of carbonyl (C=O) groups excluding carboxylic acids is 3. The second-order valence-electron chi connectivity index (χ2n) is 6.76. The maximum Gasteiger partial charge on any atom is 0.229 e. The van der Waals surface area contributed by atoms with Crippen molar-refractivity contribution in [3.63, 3.8) is 0 Å². The molecule has 0 aromatic heterocycles. The van der Waals surface area contributed by atoms with Gasteiger partial charge in [0.1, 0.15) is 0 Å². The Morgan fingerprint density at radius 1 is 1.00 bits per heavy atom. The van der Waals surface area contributed by atoms with Crippen LogP contribution in [0.15, 0.2) is 54.6 Å². The lowest BCUT2D eigenvalue weighted by Gasteiger charge is -2.38. The summed E-state index contributed by atoms with van der Waals surface area (Å²) in [5.41, 5.74) is 2.17. The van der Waals surface area contributed by atoms with E-state index in [0.717, 1.165) is 5.56 Å². The van der Waals surface area contributed by atoms with Gasteiger partial charge in [-0.1, -0.05) is 36.4 Å². The lowest BCUT2D eigenvalue weighted by atomic mass is 9.84. The Bertz CT molecular complexity index is 851. The molecule has 27 heavy (non-hydrogen) atoms. The maximum absolute atomic E-state index is 13.0. The minimum atomic E-state index is -0.348. The zero-order chi connectivity index (χ0) is 19.4. The van der Waals surface area contributed by atoms with Crippen molar-refractivity contribution in [3.8, 4) is 0 Å². The Hall–Kier alpha value is -3.15. The van der Waals surface area contributed by atoms with Crippen LogP contribution >= 0.6 is 0 Å². The number of anilines is 2. The van der Waals surface area contributed by atoms with Crippen molar-refractivity contribution in [1.29, 1.82) is 0 Å². The van der Waals surface area contributed by atoms with Crippen LogP contribution in [0.2, 0.25) is 0 Å². The van der Waals surface area contributed by atoms with Crippen LogP contribution < -0.4 is 10.6 Å². The summed E-state index contributed by atoms with van der Waals surface area (Å²) >= 11 is 0. The van der Waals surface area contributed by atoms with Gasteiger partial charge in [0.05, 0.1) is 12.0 Å². The first-order valence-electron chi connectivity index (χ1n) is 8.95. The number of benzene rings is 2. The van der Waals surface area contributed by atoms with Crippen molar-refractivity contribution >= 4 is 29.1 Å². The molecular weight excluding hydrogens is 342 g/mol. The lowest BCUT2D eigenvalue weighted by molar-refractivity contribution is -0.140. The van der Waals surface area contributed by atoms with Crippen LogP contribution in [-0.2, 0) is 14.4 Å². The molecule has 6 heteroatoms. The molecule has 0 unspecified atom stereocenters. The summed E-state index contributed by atoms with van der Waals surface area (Å²) in [6.07, 6.45) is 0.851. The van der Waals surface area contributed by atoms with Crippen LogP contribution in [0.3, 0.4) is 0 Å². The molecule has 3 amide bonds. The van der Waals surface area contributed by atoms with E-state index in [0.29, 0.717) is 24.2 Å². The fourth-order valence-electron chi connectivity index (χ4n) is 3.53. The molecule has 0 bridgehead atoms. The molecule has 2 aromatic rings. The van der Waals surface area contributed by atoms with Gasteiger partial charge in [0.2, 0.25) is 17.7 Å². The molecular formula is C21H23N3O3. The van der Waals surface area contributed by atoms with Gasteiger partial charge in [-0.25, -0.2) is 0 Å². The molecule has 0 spiro atoms. The van der Waals surface area contributed by atoms with E-state index in [9.17, 15) is 14.4 Å². The molecule has 6 nitrogen and oxygen atoms in total. The zero-order valence-electron chi connectivity index (χ0n) is 15.4. The van der Waals surface area contributed by atoms with Crippen LogP contribution in [0.4, 0.5) is 11.4 Å². The van der Waals surface area contributed by atoms with Gasteiger partial charge in [0, 0.05) is 31.8 Å². The molecule has 140 valence electrons. The monoisotopic (exact) mass is 365 g/mol. The second kappa shape index (κ2) is 8.03. The number of piperidine rings is 1. The number of amides is 3. The Balaban J connectivity index is 1.82. The quantitative estimate of drug-likeness (QED) is 0.873. The summed E-state index contributed by atoms with van der Waals surface area (Å²) in [5, 5.41) is 5.63. The molecule has 0 aliphatic carbocycles. The van der Waals surface area contributed by atoms with Crippen molar-refractivity contribution in [3.05, 3.63) is 60.2 Å². The van der Waals surface area contributed by atoms with Gasteiger partial charge in [-0.05, 0) is 30.2 Å². The smallest absolute Gasteiger partial charge is 0.229 e. The van der Waals surface area contributed by atoms with Crippen molar-refractivity contribution in [1.82, 2.24) is 4.90 Å². The molecule has 3 rings (SSSR count). The highest BCUT2D eigenvalue weighted by Gasteiger charge is 2.38. The first-order chi connectivity index (χ1) is 13.0. The highest BCUT2D eigenvalue weighted by molar-refractivity contribution is 5.96.